The maximum absolute atomic E-state index is 6.08. The van der Waals surface area contributed by atoms with Crippen LogP contribution in [0.15, 0.2) is 18.2 Å². The largest absolute Gasteiger partial charge is 0.306 e. The molecule has 0 aromatic heterocycles. The maximum atomic E-state index is 6.08. The van der Waals surface area contributed by atoms with E-state index in [0.29, 0.717) is 15.9 Å². The number of rotatable bonds is 4. The monoisotopic (exact) mass is 291 g/mol. The molecule has 94 valence electrons. The normalized spacial score (nSPS) is 18.5. The Morgan fingerprint density at radius 3 is 2.41 bits per heavy atom. The van der Waals surface area contributed by atoms with Crippen LogP contribution in [0, 0.1) is 0 Å². The molecule has 0 spiro atoms. The van der Waals surface area contributed by atoms with Crippen molar-refractivity contribution < 1.29 is 0 Å². The minimum atomic E-state index is 0.119. The molecule has 0 unspecified atom stereocenters. The second-order valence-electron chi connectivity index (χ2n) is 4.72. The quantitative estimate of drug-likeness (QED) is 0.798. The van der Waals surface area contributed by atoms with E-state index in [1.165, 1.54) is 12.8 Å². The summed E-state index contributed by atoms with van der Waals surface area (Å²) in [6.45, 7) is 0.795. The number of nitrogens with one attached hydrogen (secondary N) is 1. The average molecular weight is 293 g/mol. The summed E-state index contributed by atoms with van der Waals surface area (Å²) in [5.74, 6) is 0.675. The number of hydrogen-bond acceptors (Lipinski definition) is 1. The average Bonchev–Trinajstić information content (AvgIpc) is 2.80. The van der Waals surface area contributed by atoms with Crippen molar-refractivity contribution in [3.05, 3.63) is 33.8 Å². The summed E-state index contributed by atoms with van der Waals surface area (Å²) in [6.07, 6.45) is 4.86. The first-order valence-electron chi connectivity index (χ1n) is 5.90. The summed E-state index contributed by atoms with van der Waals surface area (Å²) in [4.78, 5) is 0. The zero-order chi connectivity index (χ0) is 12.3. The molecule has 0 heterocycles. The number of alkyl halides is 1. The Morgan fingerprint density at radius 2 is 1.82 bits per heavy atom. The van der Waals surface area contributed by atoms with Gasteiger partial charge in [0.15, 0.2) is 0 Å². The molecule has 1 N–H and O–H groups in total. The van der Waals surface area contributed by atoms with Gasteiger partial charge >= 0.3 is 0 Å². The molecule has 0 amide bonds. The molecule has 0 radical (unpaired) electrons. The molecule has 1 aromatic carbocycles. The van der Waals surface area contributed by atoms with E-state index in [0.717, 1.165) is 24.9 Å². The van der Waals surface area contributed by atoms with Gasteiger partial charge in [0.25, 0.3) is 0 Å². The van der Waals surface area contributed by atoms with E-state index < -0.39 is 0 Å². The van der Waals surface area contributed by atoms with Crippen LogP contribution in [-0.4, -0.2) is 11.4 Å². The topological polar surface area (TPSA) is 12.0 Å². The van der Waals surface area contributed by atoms with E-state index in [9.17, 15) is 0 Å². The molecule has 0 saturated heterocycles. The molecule has 0 bridgehead atoms. The summed E-state index contributed by atoms with van der Waals surface area (Å²) in [6, 6.07) is 5.74. The van der Waals surface area contributed by atoms with E-state index in [1.54, 1.807) is 0 Å². The summed E-state index contributed by atoms with van der Waals surface area (Å²) >= 11 is 18.0. The zero-order valence-corrected chi connectivity index (χ0v) is 11.9. The Hall–Kier alpha value is 0.0500. The molecule has 1 fully saturated rings. The Morgan fingerprint density at radius 1 is 1.12 bits per heavy atom. The second kappa shape index (κ2) is 5.79. The van der Waals surface area contributed by atoms with Crippen molar-refractivity contribution in [2.24, 2.45) is 0 Å². The van der Waals surface area contributed by atoms with Gasteiger partial charge in [-0.3, -0.25) is 0 Å². The van der Waals surface area contributed by atoms with Gasteiger partial charge in [-0.05, 0) is 30.5 Å². The number of benzene rings is 1. The SMILES string of the molecule is ClCC1(NCc2ccc(Cl)c(Cl)c2)CCCC1. The third-order valence-electron chi connectivity index (χ3n) is 3.47. The van der Waals surface area contributed by atoms with Crippen LogP contribution in [0.4, 0.5) is 0 Å². The van der Waals surface area contributed by atoms with Gasteiger partial charge in [-0.2, -0.15) is 0 Å². The smallest absolute Gasteiger partial charge is 0.0595 e. The Labute approximate surface area is 117 Å². The summed E-state index contributed by atoms with van der Waals surface area (Å²) in [5.41, 5.74) is 1.27. The number of hydrogen-bond donors (Lipinski definition) is 1. The zero-order valence-electron chi connectivity index (χ0n) is 9.61. The van der Waals surface area contributed by atoms with E-state index in [-0.39, 0.29) is 5.54 Å². The molecule has 2 rings (SSSR count). The lowest BCUT2D eigenvalue weighted by atomic mass is 10.00. The Bertz CT molecular complexity index is 386. The molecule has 0 aliphatic heterocycles. The lowest BCUT2D eigenvalue weighted by molar-refractivity contribution is 0.368. The lowest BCUT2D eigenvalue weighted by Crippen LogP contribution is -2.43. The highest BCUT2D eigenvalue weighted by atomic mass is 35.5. The van der Waals surface area contributed by atoms with Crippen molar-refractivity contribution in [3.8, 4) is 0 Å². The third kappa shape index (κ3) is 3.29. The molecule has 0 atom stereocenters. The summed E-state index contributed by atoms with van der Waals surface area (Å²) in [7, 11) is 0. The third-order valence-corrected chi connectivity index (χ3v) is 4.72. The molecule has 1 aliphatic carbocycles. The van der Waals surface area contributed by atoms with Crippen molar-refractivity contribution in [2.75, 3.05) is 5.88 Å². The molecular weight excluding hydrogens is 277 g/mol. The van der Waals surface area contributed by atoms with Gasteiger partial charge in [0.2, 0.25) is 0 Å². The minimum absolute atomic E-state index is 0.119. The van der Waals surface area contributed by atoms with Crippen LogP contribution in [0.5, 0.6) is 0 Å². The van der Waals surface area contributed by atoms with Gasteiger partial charge < -0.3 is 5.32 Å². The van der Waals surface area contributed by atoms with Crippen molar-refractivity contribution >= 4 is 34.8 Å². The van der Waals surface area contributed by atoms with Crippen LogP contribution in [0.1, 0.15) is 31.2 Å². The van der Waals surface area contributed by atoms with Gasteiger partial charge in [0.1, 0.15) is 0 Å². The van der Waals surface area contributed by atoms with Crippen molar-refractivity contribution in [1.29, 1.82) is 0 Å². The first kappa shape index (κ1) is 13.5. The predicted octanol–water partition coefficient (Wildman–Crippen LogP) is 4.63. The standard InChI is InChI=1S/C13H16Cl3N/c14-9-13(5-1-2-6-13)17-8-10-3-4-11(15)12(16)7-10/h3-4,7,17H,1-2,5-6,8-9H2. The maximum Gasteiger partial charge on any atom is 0.0595 e. The van der Waals surface area contributed by atoms with Crippen molar-refractivity contribution in [1.82, 2.24) is 5.32 Å². The first-order valence-corrected chi connectivity index (χ1v) is 7.19. The van der Waals surface area contributed by atoms with Crippen LogP contribution < -0.4 is 5.32 Å². The minimum Gasteiger partial charge on any atom is -0.306 e. The lowest BCUT2D eigenvalue weighted by Gasteiger charge is -2.28. The second-order valence-corrected chi connectivity index (χ2v) is 5.80. The molecule has 17 heavy (non-hydrogen) atoms. The summed E-state index contributed by atoms with van der Waals surface area (Å²) < 4.78 is 0. The van der Waals surface area contributed by atoms with Gasteiger partial charge in [-0.15, -0.1) is 11.6 Å². The highest BCUT2D eigenvalue weighted by molar-refractivity contribution is 6.42. The molecule has 1 aliphatic rings. The van der Waals surface area contributed by atoms with Gasteiger partial charge in [-0.25, -0.2) is 0 Å². The molecule has 4 heteroatoms. The fraction of sp³-hybridized carbons (Fsp3) is 0.538. The van der Waals surface area contributed by atoms with Gasteiger partial charge in [0.05, 0.1) is 10.0 Å². The van der Waals surface area contributed by atoms with Crippen LogP contribution in [-0.2, 0) is 6.54 Å². The van der Waals surface area contributed by atoms with Crippen LogP contribution >= 0.6 is 34.8 Å². The van der Waals surface area contributed by atoms with Crippen LogP contribution in [0.25, 0.3) is 0 Å². The summed E-state index contributed by atoms with van der Waals surface area (Å²) in [5, 5.41) is 4.78. The van der Waals surface area contributed by atoms with Gasteiger partial charge in [0, 0.05) is 18.0 Å². The fourth-order valence-electron chi connectivity index (χ4n) is 2.35. The van der Waals surface area contributed by atoms with Gasteiger partial charge in [-0.1, -0.05) is 42.1 Å². The molecule has 1 saturated carbocycles. The molecule has 1 aromatic rings. The fourth-order valence-corrected chi connectivity index (χ4v) is 3.03. The predicted molar refractivity (Wildman–Crippen MR) is 75.2 cm³/mol. The highest BCUT2D eigenvalue weighted by Gasteiger charge is 2.32. The van der Waals surface area contributed by atoms with E-state index >= 15 is 0 Å². The Balaban J connectivity index is 1.99. The van der Waals surface area contributed by atoms with E-state index in [1.807, 2.05) is 18.2 Å². The first-order chi connectivity index (χ1) is 8.15. The van der Waals surface area contributed by atoms with Crippen LogP contribution in [0.3, 0.4) is 0 Å². The van der Waals surface area contributed by atoms with Crippen molar-refractivity contribution in [2.45, 2.75) is 37.8 Å². The number of halogens is 3. The highest BCUT2D eigenvalue weighted by Crippen LogP contribution is 2.31. The van der Waals surface area contributed by atoms with E-state index in [2.05, 4.69) is 5.32 Å². The Kier molecular flexibility index (Phi) is 4.59. The van der Waals surface area contributed by atoms with Crippen molar-refractivity contribution in [3.63, 3.8) is 0 Å². The molecule has 1 nitrogen and oxygen atoms in total. The van der Waals surface area contributed by atoms with Crippen LogP contribution in [0.2, 0.25) is 10.0 Å². The molecular formula is C13H16Cl3N. The van der Waals surface area contributed by atoms with E-state index in [4.69, 9.17) is 34.8 Å².